The first kappa shape index (κ1) is 6.41. The van der Waals surface area contributed by atoms with E-state index in [1.165, 1.54) is 11.9 Å². The van der Waals surface area contributed by atoms with E-state index in [1.807, 2.05) is 0 Å². The fourth-order valence-electron chi connectivity index (χ4n) is 0.408. The number of hydrogen-bond donors (Lipinski definition) is 3. The largest absolute Gasteiger partial charge is 0.348 e. The molecule has 0 saturated heterocycles. The summed E-state index contributed by atoms with van der Waals surface area (Å²) in [5.74, 6) is 0. The standard InChI is InChI=1S/C3H6N2OS2/c1-2-4-3(6,7)5-8-2/h5-7H,1H3. The summed E-state index contributed by atoms with van der Waals surface area (Å²) in [6, 6.07) is 0. The van der Waals surface area contributed by atoms with Crippen molar-refractivity contribution >= 4 is 29.6 Å². The first-order valence-corrected chi connectivity index (χ1v) is 3.32. The number of aliphatic hydroxyl groups is 1. The molecular formula is C3H6N2OS2. The molecule has 1 unspecified atom stereocenters. The van der Waals surface area contributed by atoms with Gasteiger partial charge in [-0.2, -0.15) is 0 Å². The van der Waals surface area contributed by atoms with Crippen LogP contribution in [0.5, 0.6) is 0 Å². The molecule has 0 aromatic carbocycles. The lowest BCUT2D eigenvalue weighted by Gasteiger charge is -2.07. The van der Waals surface area contributed by atoms with Gasteiger partial charge in [0.25, 0.3) is 5.18 Å². The lowest BCUT2D eigenvalue weighted by molar-refractivity contribution is 0.146. The van der Waals surface area contributed by atoms with Crippen LogP contribution in [0.4, 0.5) is 0 Å². The van der Waals surface area contributed by atoms with E-state index >= 15 is 0 Å². The number of nitrogens with zero attached hydrogens (tertiary/aromatic N) is 1. The zero-order valence-corrected chi connectivity index (χ0v) is 5.96. The quantitative estimate of drug-likeness (QED) is 0.262. The second kappa shape index (κ2) is 1.91. The summed E-state index contributed by atoms with van der Waals surface area (Å²) in [4.78, 5) is 3.71. The van der Waals surface area contributed by atoms with Gasteiger partial charge in [-0.05, 0) is 18.9 Å². The van der Waals surface area contributed by atoms with E-state index in [4.69, 9.17) is 5.11 Å². The molecule has 8 heavy (non-hydrogen) atoms. The van der Waals surface area contributed by atoms with Gasteiger partial charge in [-0.25, -0.2) is 9.71 Å². The van der Waals surface area contributed by atoms with E-state index in [0.29, 0.717) is 0 Å². The average molecular weight is 150 g/mol. The second-order valence-electron chi connectivity index (χ2n) is 1.47. The summed E-state index contributed by atoms with van der Waals surface area (Å²) < 4.78 is 2.58. The Hall–Kier alpha value is 0.290. The van der Waals surface area contributed by atoms with Gasteiger partial charge >= 0.3 is 0 Å². The number of hydrogen-bond acceptors (Lipinski definition) is 5. The van der Waals surface area contributed by atoms with Gasteiger partial charge in [0.2, 0.25) is 0 Å². The molecule has 0 fully saturated rings. The highest BCUT2D eigenvalue weighted by Gasteiger charge is 2.25. The van der Waals surface area contributed by atoms with Gasteiger partial charge in [0, 0.05) is 0 Å². The van der Waals surface area contributed by atoms with Crippen LogP contribution < -0.4 is 4.72 Å². The highest BCUT2D eigenvalue weighted by Crippen LogP contribution is 2.21. The van der Waals surface area contributed by atoms with Crippen molar-refractivity contribution in [3.63, 3.8) is 0 Å². The summed E-state index contributed by atoms with van der Waals surface area (Å²) >= 11 is 5.02. The van der Waals surface area contributed by atoms with Crippen LogP contribution >= 0.6 is 24.6 Å². The van der Waals surface area contributed by atoms with Crippen molar-refractivity contribution in [2.45, 2.75) is 12.1 Å². The van der Waals surface area contributed by atoms with Gasteiger partial charge in [-0.3, -0.25) is 0 Å². The van der Waals surface area contributed by atoms with Crippen molar-refractivity contribution in [2.75, 3.05) is 0 Å². The predicted octanol–water partition coefficient (Wildman–Crippen LogP) is 0.190. The minimum absolute atomic E-state index is 0.794. The van der Waals surface area contributed by atoms with Crippen LogP contribution in [0.3, 0.4) is 0 Å². The number of rotatable bonds is 0. The molecule has 0 bridgehead atoms. The van der Waals surface area contributed by atoms with E-state index in [-0.39, 0.29) is 0 Å². The molecule has 3 nitrogen and oxygen atoms in total. The van der Waals surface area contributed by atoms with Crippen molar-refractivity contribution in [2.24, 2.45) is 4.99 Å². The first-order chi connectivity index (χ1) is 3.60. The van der Waals surface area contributed by atoms with E-state index in [0.717, 1.165) is 5.04 Å². The Labute approximate surface area is 57.1 Å². The number of thiol groups is 1. The van der Waals surface area contributed by atoms with Gasteiger partial charge in [-0.1, -0.05) is 0 Å². The molecule has 1 heterocycles. The maximum Gasteiger partial charge on any atom is 0.271 e. The van der Waals surface area contributed by atoms with Crippen LogP contribution in [-0.4, -0.2) is 15.3 Å². The van der Waals surface area contributed by atoms with Crippen LogP contribution in [0.15, 0.2) is 4.99 Å². The average Bonchev–Trinajstić information content (AvgIpc) is 1.82. The number of aliphatic imine (C=N–C) groups is 1. The smallest absolute Gasteiger partial charge is 0.271 e. The fourth-order valence-corrected chi connectivity index (χ4v) is 1.27. The Balaban J connectivity index is 2.67. The van der Waals surface area contributed by atoms with Crippen LogP contribution in [0.25, 0.3) is 0 Å². The molecule has 0 spiro atoms. The molecule has 0 amide bonds. The second-order valence-corrected chi connectivity index (χ2v) is 3.09. The van der Waals surface area contributed by atoms with Crippen LogP contribution in [0, 0.1) is 0 Å². The lowest BCUT2D eigenvalue weighted by Crippen LogP contribution is -2.27. The molecule has 5 heteroatoms. The van der Waals surface area contributed by atoms with Crippen molar-refractivity contribution in [1.29, 1.82) is 0 Å². The SMILES string of the molecule is CC1=NC(O)(S)NS1. The van der Waals surface area contributed by atoms with Crippen molar-refractivity contribution in [3.05, 3.63) is 0 Å². The van der Waals surface area contributed by atoms with Crippen molar-refractivity contribution < 1.29 is 5.11 Å². The third-order valence-corrected chi connectivity index (χ3v) is 1.79. The molecule has 0 radical (unpaired) electrons. The maximum absolute atomic E-state index is 8.91. The first-order valence-electron chi connectivity index (χ1n) is 2.05. The summed E-state index contributed by atoms with van der Waals surface area (Å²) in [6.07, 6.45) is 0. The summed E-state index contributed by atoms with van der Waals surface area (Å²) in [7, 11) is 0. The molecule has 2 N–H and O–H groups in total. The summed E-state index contributed by atoms with van der Waals surface area (Å²) in [5.41, 5.74) is 0. The van der Waals surface area contributed by atoms with E-state index in [9.17, 15) is 0 Å². The summed E-state index contributed by atoms with van der Waals surface area (Å²) in [6.45, 7) is 1.80. The molecule has 0 aromatic heterocycles. The molecule has 46 valence electrons. The molecule has 0 saturated carbocycles. The van der Waals surface area contributed by atoms with Crippen LogP contribution in [-0.2, 0) is 0 Å². The van der Waals surface area contributed by atoms with E-state index in [1.54, 1.807) is 6.92 Å². The molecule has 1 rings (SSSR count). The van der Waals surface area contributed by atoms with Gasteiger partial charge < -0.3 is 5.11 Å². The van der Waals surface area contributed by atoms with E-state index < -0.39 is 5.18 Å². The minimum Gasteiger partial charge on any atom is -0.348 e. The Morgan fingerprint density at radius 1 is 2.00 bits per heavy atom. The summed E-state index contributed by atoms with van der Waals surface area (Å²) in [5, 5.41) is 8.37. The number of nitrogens with one attached hydrogen (secondary N) is 1. The van der Waals surface area contributed by atoms with Gasteiger partial charge in [0.05, 0.1) is 5.04 Å². The zero-order valence-electron chi connectivity index (χ0n) is 4.25. The molecule has 1 aliphatic heterocycles. The Kier molecular flexibility index (Phi) is 1.53. The van der Waals surface area contributed by atoms with E-state index in [2.05, 4.69) is 22.3 Å². The van der Waals surface area contributed by atoms with Gasteiger partial charge in [-0.15, -0.1) is 12.6 Å². The maximum atomic E-state index is 8.91. The normalized spacial score (nSPS) is 37.6. The van der Waals surface area contributed by atoms with Crippen molar-refractivity contribution in [3.8, 4) is 0 Å². The highest BCUT2D eigenvalue weighted by atomic mass is 32.2. The zero-order chi connectivity index (χ0) is 6.20. The van der Waals surface area contributed by atoms with Gasteiger partial charge in [0.15, 0.2) is 0 Å². The fraction of sp³-hybridized carbons (Fsp3) is 0.667. The third-order valence-electron chi connectivity index (χ3n) is 0.649. The predicted molar refractivity (Wildman–Crippen MR) is 37.8 cm³/mol. The molecule has 0 aliphatic carbocycles. The molecule has 0 aromatic rings. The topological polar surface area (TPSA) is 44.6 Å². The molecular weight excluding hydrogens is 144 g/mol. The minimum atomic E-state index is -1.34. The molecule has 1 atom stereocenters. The van der Waals surface area contributed by atoms with Crippen LogP contribution in [0.1, 0.15) is 6.92 Å². The monoisotopic (exact) mass is 150 g/mol. The van der Waals surface area contributed by atoms with Gasteiger partial charge in [0.1, 0.15) is 0 Å². The Morgan fingerprint density at radius 2 is 2.62 bits per heavy atom. The third kappa shape index (κ3) is 1.38. The lowest BCUT2D eigenvalue weighted by atomic mass is 10.8. The highest BCUT2D eigenvalue weighted by molar-refractivity contribution is 8.13. The Morgan fingerprint density at radius 3 is 2.75 bits per heavy atom. The Bertz CT molecular complexity index is 133. The molecule has 1 aliphatic rings. The van der Waals surface area contributed by atoms with Crippen LogP contribution in [0.2, 0.25) is 0 Å². The van der Waals surface area contributed by atoms with Crippen molar-refractivity contribution in [1.82, 2.24) is 4.72 Å².